The zero-order chi connectivity index (χ0) is 13.8. The Morgan fingerprint density at radius 3 is 2.44 bits per heavy atom. The van der Waals surface area contributed by atoms with Crippen molar-refractivity contribution >= 4 is 11.9 Å². The number of aliphatic carboxylic acids is 1. The SMILES string of the molecule is CCOC(=O)C(C)(C(=O)O)C1CCCCCC1O. The van der Waals surface area contributed by atoms with Gasteiger partial charge in [0.15, 0.2) is 5.41 Å². The number of carbonyl (C=O) groups is 2. The first kappa shape index (κ1) is 15.0. The lowest BCUT2D eigenvalue weighted by Gasteiger charge is -2.33. The highest BCUT2D eigenvalue weighted by Gasteiger charge is 2.52. The van der Waals surface area contributed by atoms with E-state index in [1.54, 1.807) is 6.92 Å². The lowest BCUT2D eigenvalue weighted by Crippen LogP contribution is -2.48. The van der Waals surface area contributed by atoms with E-state index in [0.717, 1.165) is 19.3 Å². The van der Waals surface area contributed by atoms with Gasteiger partial charge in [0.1, 0.15) is 0 Å². The molecule has 104 valence electrons. The molecule has 3 atom stereocenters. The van der Waals surface area contributed by atoms with Crippen LogP contribution in [0.15, 0.2) is 0 Å². The van der Waals surface area contributed by atoms with Gasteiger partial charge in [0.2, 0.25) is 0 Å². The second-order valence-electron chi connectivity index (χ2n) is 5.04. The van der Waals surface area contributed by atoms with Crippen molar-refractivity contribution in [2.75, 3.05) is 6.61 Å². The monoisotopic (exact) mass is 258 g/mol. The fourth-order valence-corrected chi connectivity index (χ4v) is 2.64. The number of carboxylic acid groups (broad SMARTS) is 1. The fraction of sp³-hybridized carbons (Fsp3) is 0.846. The first-order valence-corrected chi connectivity index (χ1v) is 6.53. The topological polar surface area (TPSA) is 83.8 Å². The summed E-state index contributed by atoms with van der Waals surface area (Å²) in [5.41, 5.74) is -1.65. The molecule has 1 aliphatic carbocycles. The summed E-state index contributed by atoms with van der Waals surface area (Å²) in [7, 11) is 0. The van der Waals surface area contributed by atoms with E-state index in [4.69, 9.17) is 4.74 Å². The first-order chi connectivity index (χ1) is 8.44. The Balaban J connectivity index is 3.01. The quantitative estimate of drug-likeness (QED) is 0.454. The van der Waals surface area contributed by atoms with Crippen molar-refractivity contribution in [2.45, 2.75) is 52.1 Å². The molecule has 1 saturated carbocycles. The standard InChI is InChI=1S/C13H22O5/c1-3-18-12(17)13(2,11(15)16)9-7-5-4-6-8-10(9)14/h9-10,14H,3-8H2,1-2H3,(H,15,16). The molecule has 5 nitrogen and oxygen atoms in total. The van der Waals surface area contributed by atoms with Gasteiger partial charge in [-0.2, -0.15) is 0 Å². The zero-order valence-corrected chi connectivity index (χ0v) is 11.0. The minimum Gasteiger partial charge on any atom is -0.480 e. The zero-order valence-electron chi connectivity index (χ0n) is 11.0. The summed E-state index contributed by atoms with van der Waals surface area (Å²) in [4.78, 5) is 23.4. The molecule has 5 heteroatoms. The van der Waals surface area contributed by atoms with Crippen LogP contribution >= 0.6 is 0 Å². The summed E-state index contributed by atoms with van der Waals surface area (Å²) in [6.45, 7) is 3.15. The molecule has 1 rings (SSSR count). The molecule has 2 N–H and O–H groups in total. The van der Waals surface area contributed by atoms with Crippen molar-refractivity contribution in [3.8, 4) is 0 Å². The van der Waals surface area contributed by atoms with Crippen molar-refractivity contribution in [2.24, 2.45) is 11.3 Å². The third-order valence-corrected chi connectivity index (χ3v) is 3.86. The molecule has 0 heterocycles. The van der Waals surface area contributed by atoms with E-state index in [1.165, 1.54) is 6.92 Å². The lowest BCUT2D eigenvalue weighted by atomic mass is 9.72. The molecule has 0 radical (unpaired) electrons. The molecular formula is C13H22O5. The average Bonchev–Trinajstić information content (AvgIpc) is 2.53. The van der Waals surface area contributed by atoms with Gasteiger partial charge in [-0.15, -0.1) is 0 Å². The van der Waals surface area contributed by atoms with Crippen LogP contribution in [0, 0.1) is 11.3 Å². The molecule has 0 aromatic heterocycles. The van der Waals surface area contributed by atoms with Crippen LogP contribution < -0.4 is 0 Å². The van der Waals surface area contributed by atoms with Crippen LogP contribution in [-0.2, 0) is 14.3 Å². The van der Waals surface area contributed by atoms with Crippen molar-refractivity contribution < 1.29 is 24.5 Å². The van der Waals surface area contributed by atoms with Gasteiger partial charge < -0.3 is 14.9 Å². The van der Waals surface area contributed by atoms with Gasteiger partial charge in [-0.05, 0) is 26.7 Å². The Kier molecular flexibility index (Phi) is 5.14. The third-order valence-electron chi connectivity index (χ3n) is 3.86. The molecule has 0 bridgehead atoms. The average molecular weight is 258 g/mol. The Labute approximate surface area is 107 Å². The molecule has 18 heavy (non-hydrogen) atoms. The van der Waals surface area contributed by atoms with E-state index < -0.39 is 29.4 Å². The van der Waals surface area contributed by atoms with Gasteiger partial charge in [-0.3, -0.25) is 9.59 Å². The Morgan fingerprint density at radius 1 is 1.28 bits per heavy atom. The van der Waals surface area contributed by atoms with Crippen LogP contribution in [0.4, 0.5) is 0 Å². The van der Waals surface area contributed by atoms with Gasteiger partial charge >= 0.3 is 11.9 Å². The fourth-order valence-electron chi connectivity index (χ4n) is 2.64. The minimum absolute atomic E-state index is 0.143. The van der Waals surface area contributed by atoms with E-state index in [-0.39, 0.29) is 6.61 Å². The maximum Gasteiger partial charge on any atom is 0.323 e. The van der Waals surface area contributed by atoms with Gasteiger partial charge in [-0.25, -0.2) is 0 Å². The maximum atomic E-state index is 11.9. The van der Waals surface area contributed by atoms with Crippen molar-refractivity contribution in [3.05, 3.63) is 0 Å². The number of aliphatic hydroxyl groups excluding tert-OH is 1. The number of carbonyl (C=O) groups excluding carboxylic acids is 1. The van der Waals surface area contributed by atoms with Crippen molar-refractivity contribution in [3.63, 3.8) is 0 Å². The van der Waals surface area contributed by atoms with Gasteiger partial charge in [0, 0.05) is 5.92 Å². The molecule has 0 aromatic carbocycles. The number of ether oxygens (including phenoxy) is 1. The van der Waals surface area contributed by atoms with Crippen molar-refractivity contribution in [1.29, 1.82) is 0 Å². The molecule has 0 aromatic rings. The lowest BCUT2D eigenvalue weighted by molar-refractivity contribution is -0.175. The number of hydrogen-bond donors (Lipinski definition) is 2. The number of carboxylic acids is 1. The molecule has 0 saturated heterocycles. The minimum atomic E-state index is -1.65. The second kappa shape index (κ2) is 6.18. The van der Waals surface area contributed by atoms with Crippen LogP contribution in [0.2, 0.25) is 0 Å². The molecule has 3 unspecified atom stereocenters. The van der Waals surface area contributed by atoms with E-state index >= 15 is 0 Å². The number of aliphatic hydroxyl groups is 1. The third kappa shape index (κ3) is 2.83. The molecular weight excluding hydrogens is 236 g/mol. The predicted molar refractivity (Wildman–Crippen MR) is 65.0 cm³/mol. The maximum absolute atomic E-state index is 11.9. The van der Waals surface area contributed by atoms with Crippen LogP contribution in [-0.4, -0.2) is 34.9 Å². The second-order valence-corrected chi connectivity index (χ2v) is 5.04. The number of esters is 1. The molecule has 1 fully saturated rings. The van der Waals surface area contributed by atoms with Gasteiger partial charge in [0.25, 0.3) is 0 Å². The summed E-state index contributed by atoms with van der Waals surface area (Å²) >= 11 is 0. The normalized spacial score (nSPS) is 27.9. The summed E-state index contributed by atoms with van der Waals surface area (Å²) in [5, 5.41) is 19.5. The molecule has 1 aliphatic rings. The highest BCUT2D eigenvalue weighted by molar-refractivity contribution is 5.99. The smallest absolute Gasteiger partial charge is 0.323 e. The summed E-state index contributed by atoms with van der Waals surface area (Å²) < 4.78 is 4.88. The van der Waals surface area contributed by atoms with Gasteiger partial charge in [-0.1, -0.05) is 19.3 Å². The number of rotatable bonds is 4. The van der Waals surface area contributed by atoms with Crippen LogP contribution in [0.25, 0.3) is 0 Å². The largest absolute Gasteiger partial charge is 0.480 e. The predicted octanol–water partition coefficient (Wildman–Crippen LogP) is 1.58. The highest BCUT2D eigenvalue weighted by Crippen LogP contribution is 2.39. The van der Waals surface area contributed by atoms with Crippen LogP contribution in [0.1, 0.15) is 46.0 Å². The van der Waals surface area contributed by atoms with E-state index in [2.05, 4.69) is 0 Å². The summed E-state index contributed by atoms with van der Waals surface area (Å²) in [6, 6.07) is 0. The Morgan fingerprint density at radius 2 is 1.89 bits per heavy atom. The van der Waals surface area contributed by atoms with E-state index in [0.29, 0.717) is 12.8 Å². The first-order valence-electron chi connectivity index (χ1n) is 6.53. The Bertz CT molecular complexity index is 315. The molecule has 0 aliphatic heterocycles. The van der Waals surface area contributed by atoms with E-state index in [9.17, 15) is 19.8 Å². The van der Waals surface area contributed by atoms with Gasteiger partial charge in [0.05, 0.1) is 12.7 Å². The van der Waals surface area contributed by atoms with Crippen LogP contribution in [0.5, 0.6) is 0 Å². The highest BCUT2D eigenvalue weighted by atomic mass is 16.5. The summed E-state index contributed by atoms with van der Waals surface area (Å²) in [6.07, 6.45) is 3.01. The molecule has 0 amide bonds. The van der Waals surface area contributed by atoms with E-state index in [1.807, 2.05) is 0 Å². The summed E-state index contributed by atoms with van der Waals surface area (Å²) in [5.74, 6) is -2.54. The molecule has 0 spiro atoms. The Hall–Kier alpha value is -1.10. The van der Waals surface area contributed by atoms with Crippen LogP contribution in [0.3, 0.4) is 0 Å². The number of hydrogen-bond acceptors (Lipinski definition) is 4. The van der Waals surface area contributed by atoms with Crippen molar-refractivity contribution in [1.82, 2.24) is 0 Å².